The fourth-order valence-electron chi connectivity index (χ4n) is 2.91. The first-order valence-electron chi connectivity index (χ1n) is 7.90. The molecule has 26 heavy (non-hydrogen) atoms. The van der Waals surface area contributed by atoms with Crippen LogP contribution < -0.4 is 5.56 Å². The van der Waals surface area contributed by atoms with Crippen LogP contribution in [-0.4, -0.2) is 9.78 Å². The van der Waals surface area contributed by atoms with Gasteiger partial charge in [0.1, 0.15) is 5.69 Å². The number of nitrogens with zero attached hydrogens (tertiary/aromatic N) is 3. The van der Waals surface area contributed by atoms with E-state index in [4.69, 9.17) is 11.6 Å². The first kappa shape index (κ1) is 16.2. The molecule has 0 aliphatic rings. The van der Waals surface area contributed by atoms with Gasteiger partial charge in [-0.05, 0) is 29.4 Å². The number of benzene rings is 3. The van der Waals surface area contributed by atoms with Crippen molar-refractivity contribution in [1.82, 2.24) is 9.78 Å². The zero-order valence-corrected chi connectivity index (χ0v) is 14.2. The second-order valence-corrected chi connectivity index (χ2v) is 6.14. The van der Waals surface area contributed by atoms with Gasteiger partial charge in [-0.2, -0.15) is 9.78 Å². The van der Waals surface area contributed by atoms with Crippen molar-refractivity contribution >= 4 is 28.1 Å². The van der Waals surface area contributed by atoms with E-state index in [0.29, 0.717) is 16.1 Å². The first-order valence-corrected chi connectivity index (χ1v) is 8.27. The van der Waals surface area contributed by atoms with Crippen molar-refractivity contribution in [2.45, 2.75) is 0 Å². The molecule has 6 heteroatoms. The molecule has 0 radical (unpaired) electrons. The molecule has 0 N–H and O–H groups in total. The summed E-state index contributed by atoms with van der Waals surface area (Å²) in [6.07, 6.45) is 0. The average molecular weight is 362 g/mol. The number of nitroso groups, excluding NO2 is 1. The molecule has 0 atom stereocenters. The highest BCUT2D eigenvalue weighted by Crippen LogP contribution is 2.29. The van der Waals surface area contributed by atoms with E-state index in [0.717, 1.165) is 10.9 Å². The maximum Gasteiger partial charge on any atom is 0.279 e. The molecule has 4 aromatic rings. The summed E-state index contributed by atoms with van der Waals surface area (Å²) < 4.78 is 1.21. The summed E-state index contributed by atoms with van der Waals surface area (Å²) >= 11 is 5.94. The highest BCUT2D eigenvalue weighted by molar-refractivity contribution is 6.30. The quantitative estimate of drug-likeness (QED) is 0.476. The van der Waals surface area contributed by atoms with Crippen LogP contribution in [0.5, 0.6) is 0 Å². The lowest BCUT2D eigenvalue weighted by atomic mass is 10.1. The van der Waals surface area contributed by atoms with Gasteiger partial charge in [0.05, 0.1) is 16.8 Å². The Bertz CT molecular complexity index is 1190. The molecular formula is C20H12ClN3O2. The molecule has 1 aromatic heterocycles. The third kappa shape index (κ3) is 2.68. The maximum absolute atomic E-state index is 13.0. The van der Waals surface area contributed by atoms with Crippen LogP contribution in [0.25, 0.3) is 27.7 Å². The van der Waals surface area contributed by atoms with Gasteiger partial charge < -0.3 is 0 Å². The monoisotopic (exact) mass is 361 g/mol. The van der Waals surface area contributed by atoms with Crippen LogP contribution in [0, 0.1) is 4.91 Å². The third-order valence-corrected chi connectivity index (χ3v) is 4.35. The zero-order chi connectivity index (χ0) is 18.1. The summed E-state index contributed by atoms with van der Waals surface area (Å²) in [6, 6.07) is 21.4. The van der Waals surface area contributed by atoms with Crippen LogP contribution in [0.15, 0.2) is 82.8 Å². The van der Waals surface area contributed by atoms with Crippen molar-refractivity contribution in [3.05, 3.63) is 93.1 Å². The van der Waals surface area contributed by atoms with Crippen LogP contribution in [0.3, 0.4) is 0 Å². The second-order valence-electron chi connectivity index (χ2n) is 5.70. The SMILES string of the molecule is O=Nc1cc(Cl)ccc1-n1nc(-c2ccccc2)c2ccccc2c1=O. The van der Waals surface area contributed by atoms with Gasteiger partial charge in [-0.25, -0.2) is 0 Å². The molecule has 126 valence electrons. The summed E-state index contributed by atoms with van der Waals surface area (Å²) in [5.41, 5.74) is 1.53. The zero-order valence-electron chi connectivity index (χ0n) is 13.5. The Kier molecular flexibility index (Phi) is 4.07. The topological polar surface area (TPSA) is 64.3 Å². The molecule has 1 heterocycles. The fourth-order valence-corrected chi connectivity index (χ4v) is 3.08. The Balaban J connectivity index is 2.11. The van der Waals surface area contributed by atoms with E-state index < -0.39 is 0 Å². The Morgan fingerprint density at radius 2 is 1.58 bits per heavy atom. The fraction of sp³-hybridized carbons (Fsp3) is 0. The molecule has 0 amide bonds. The van der Waals surface area contributed by atoms with Crippen LogP contribution in [0.2, 0.25) is 5.02 Å². The lowest BCUT2D eigenvalue weighted by Crippen LogP contribution is -2.22. The van der Waals surface area contributed by atoms with Gasteiger partial charge in [0.25, 0.3) is 5.56 Å². The Morgan fingerprint density at radius 3 is 2.31 bits per heavy atom. The summed E-state index contributed by atoms with van der Waals surface area (Å²) in [5, 5.41) is 9.15. The number of rotatable bonds is 3. The standard InChI is InChI=1S/C20H12ClN3O2/c21-14-10-11-18(17(12-14)23-26)24-20(25)16-9-5-4-8-15(16)19(22-24)13-6-2-1-3-7-13/h1-12H. The molecule has 0 aliphatic carbocycles. The van der Waals surface area contributed by atoms with Crippen molar-refractivity contribution in [2.75, 3.05) is 0 Å². The van der Waals surface area contributed by atoms with E-state index in [1.165, 1.54) is 10.7 Å². The molecule has 0 bridgehead atoms. The van der Waals surface area contributed by atoms with Crippen LogP contribution in [-0.2, 0) is 0 Å². The molecule has 0 saturated heterocycles. The predicted octanol–water partition coefficient (Wildman–Crippen LogP) is 5.10. The van der Waals surface area contributed by atoms with Crippen molar-refractivity contribution < 1.29 is 0 Å². The summed E-state index contributed by atoms with van der Waals surface area (Å²) in [5.74, 6) is 0. The minimum atomic E-state index is -0.326. The van der Waals surface area contributed by atoms with Gasteiger partial charge in [-0.1, -0.05) is 60.1 Å². The number of hydrogen-bond acceptors (Lipinski definition) is 4. The Hall–Kier alpha value is -3.31. The highest BCUT2D eigenvalue weighted by atomic mass is 35.5. The smallest absolute Gasteiger partial charge is 0.267 e. The van der Waals surface area contributed by atoms with Gasteiger partial charge in [-0.3, -0.25) is 4.79 Å². The molecule has 0 unspecified atom stereocenters. The van der Waals surface area contributed by atoms with E-state index in [9.17, 15) is 9.70 Å². The van der Waals surface area contributed by atoms with E-state index in [1.807, 2.05) is 42.5 Å². The lowest BCUT2D eigenvalue weighted by molar-refractivity contribution is 0.826. The van der Waals surface area contributed by atoms with Crippen LogP contribution in [0.4, 0.5) is 5.69 Å². The van der Waals surface area contributed by atoms with Gasteiger partial charge in [-0.15, -0.1) is 4.91 Å². The van der Waals surface area contributed by atoms with Crippen molar-refractivity contribution in [3.63, 3.8) is 0 Å². The molecule has 3 aromatic carbocycles. The van der Waals surface area contributed by atoms with E-state index in [1.54, 1.807) is 24.3 Å². The summed E-state index contributed by atoms with van der Waals surface area (Å²) in [4.78, 5) is 24.2. The molecular weight excluding hydrogens is 350 g/mol. The Labute approximate surface area is 153 Å². The van der Waals surface area contributed by atoms with Crippen LogP contribution in [0.1, 0.15) is 0 Å². The highest BCUT2D eigenvalue weighted by Gasteiger charge is 2.15. The average Bonchev–Trinajstić information content (AvgIpc) is 2.69. The molecule has 5 nitrogen and oxygen atoms in total. The molecule has 0 saturated carbocycles. The Morgan fingerprint density at radius 1 is 0.885 bits per heavy atom. The van der Waals surface area contributed by atoms with Gasteiger partial charge in [0, 0.05) is 16.0 Å². The number of hydrogen-bond donors (Lipinski definition) is 0. The molecule has 4 rings (SSSR count). The normalized spacial score (nSPS) is 10.8. The van der Waals surface area contributed by atoms with Gasteiger partial charge in [0.2, 0.25) is 0 Å². The predicted molar refractivity (Wildman–Crippen MR) is 103 cm³/mol. The molecule has 0 fully saturated rings. The number of aromatic nitrogens is 2. The van der Waals surface area contributed by atoms with Gasteiger partial charge >= 0.3 is 0 Å². The van der Waals surface area contributed by atoms with Gasteiger partial charge in [0.15, 0.2) is 0 Å². The summed E-state index contributed by atoms with van der Waals surface area (Å²) in [6.45, 7) is 0. The largest absolute Gasteiger partial charge is 0.279 e. The summed E-state index contributed by atoms with van der Waals surface area (Å²) in [7, 11) is 0. The van der Waals surface area contributed by atoms with E-state index >= 15 is 0 Å². The lowest BCUT2D eigenvalue weighted by Gasteiger charge is -2.12. The minimum absolute atomic E-state index is 0.0568. The maximum atomic E-state index is 13.0. The second kappa shape index (κ2) is 6.54. The first-order chi connectivity index (χ1) is 12.7. The van der Waals surface area contributed by atoms with E-state index in [2.05, 4.69) is 10.3 Å². The number of fused-ring (bicyclic) bond motifs is 1. The van der Waals surface area contributed by atoms with Crippen molar-refractivity contribution in [2.24, 2.45) is 5.18 Å². The molecule has 0 aliphatic heterocycles. The number of halogens is 1. The van der Waals surface area contributed by atoms with E-state index in [-0.39, 0.29) is 16.9 Å². The van der Waals surface area contributed by atoms with Crippen molar-refractivity contribution in [3.8, 4) is 16.9 Å². The minimum Gasteiger partial charge on any atom is -0.267 e. The third-order valence-electron chi connectivity index (χ3n) is 4.12. The van der Waals surface area contributed by atoms with Crippen molar-refractivity contribution in [1.29, 1.82) is 0 Å². The molecule has 0 spiro atoms. The van der Waals surface area contributed by atoms with Crippen LogP contribution >= 0.6 is 11.6 Å².